The summed E-state index contributed by atoms with van der Waals surface area (Å²) in [6.07, 6.45) is 1.91. The van der Waals surface area contributed by atoms with E-state index in [4.69, 9.17) is 15.2 Å². The van der Waals surface area contributed by atoms with Gasteiger partial charge in [0.15, 0.2) is 11.5 Å². The number of thiol groups is 1. The Bertz CT molecular complexity index is 309. The van der Waals surface area contributed by atoms with Crippen LogP contribution < -0.4 is 15.2 Å². The Hall–Kier alpha value is -1.03. The van der Waals surface area contributed by atoms with Gasteiger partial charge in [-0.3, -0.25) is 0 Å². The van der Waals surface area contributed by atoms with E-state index in [-0.39, 0.29) is 0 Å². The standard InChI is InChI=1S/C12H19NO2S/c1-3-5-14-10-7-9(13)12(16)8-11(10)15-6-4-2/h7-8,16H,3-6,13H2,1-2H3. The van der Waals surface area contributed by atoms with E-state index in [1.54, 1.807) is 12.1 Å². The van der Waals surface area contributed by atoms with Crippen LogP contribution in [-0.4, -0.2) is 13.2 Å². The molecule has 0 heterocycles. The molecular formula is C12H19NO2S. The predicted molar refractivity (Wildman–Crippen MR) is 69.7 cm³/mol. The summed E-state index contributed by atoms with van der Waals surface area (Å²) >= 11 is 4.27. The fraction of sp³-hybridized carbons (Fsp3) is 0.500. The lowest BCUT2D eigenvalue weighted by atomic mass is 10.3. The minimum atomic E-state index is 0.610. The first-order valence-electron chi connectivity index (χ1n) is 5.57. The van der Waals surface area contributed by atoms with Gasteiger partial charge in [0.25, 0.3) is 0 Å². The van der Waals surface area contributed by atoms with Gasteiger partial charge in [0, 0.05) is 16.6 Å². The van der Waals surface area contributed by atoms with E-state index in [2.05, 4.69) is 26.5 Å². The van der Waals surface area contributed by atoms with Gasteiger partial charge in [-0.05, 0) is 18.9 Å². The SMILES string of the molecule is CCCOc1cc(N)c(S)cc1OCCC. The maximum absolute atomic E-state index is 5.78. The van der Waals surface area contributed by atoms with Crippen LogP contribution in [-0.2, 0) is 0 Å². The second-order valence-electron chi connectivity index (χ2n) is 3.55. The fourth-order valence-corrected chi connectivity index (χ4v) is 1.40. The summed E-state index contributed by atoms with van der Waals surface area (Å²) in [6.45, 7) is 5.45. The van der Waals surface area contributed by atoms with E-state index in [0.29, 0.717) is 24.7 Å². The molecule has 0 saturated carbocycles. The third kappa shape index (κ3) is 3.52. The van der Waals surface area contributed by atoms with E-state index in [9.17, 15) is 0 Å². The molecule has 90 valence electrons. The highest BCUT2D eigenvalue weighted by atomic mass is 32.1. The van der Waals surface area contributed by atoms with Gasteiger partial charge in [-0.2, -0.15) is 0 Å². The zero-order chi connectivity index (χ0) is 12.0. The molecule has 0 aliphatic heterocycles. The Morgan fingerprint density at radius 3 is 2.06 bits per heavy atom. The Morgan fingerprint density at radius 2 is 1.56 bits per heavy atom. The summed E-state index contributed by atoms with van der Waals surface area (Å²) in [4.78, 5) is 0.718. The van der Waals surface area contributed by atoms with Gasteiger partial charge in [0.05, 0.1) is 13.2 Å². The zero-order valence-corrected chi connectivity index (χ0v) is 10.7. The number of anilines is 1. The molecular weight excluding hydrogens is 222 g/mol. The van der Waals surface area contributed by atoms with Crippen molar-refractivity contribution >= 4 is 18.3 Å². The third-order valence-electron chi connectivity index (χ3n) is 2.02. The predicted octanol–water partition coefficient (Wildman–Crippen LogP) is 3.14. The summed E-state index contributed by atoms with van der Waals surface area (Å²) in [5.41, 5.74) is 6.39. The maximum Gasteiger partial charge on any atom is 0.163 e. The third-order valence-corrected chi connectivity index (χ3v) is 2.40. The smallest absolute Gasteiger partial charge is 0.163 e. The van der Waals surface area contributed by atoms with Crippen molar-refractivity contribution < 1.29 is 9.47 Å². The van der Waals surface area contributed by atoms with Crippen molar-refractivity contribution in [3.05, 3.63) is 12.1 Å². The van der Waals surface area contributed by atoms with Crippen molar-refractivity contribution in [2.45, 2.75) is 31.6 Å². The summed E-state index contributed by atoms with van der Waals surface area (Å²) in [5, 5.41) is 0. The van der Waals surface area contributed by atoms with Crippen LogP contribution in [0.15, 0.2) is 17.0 Å². The molecule has 1 aromatic rings. The zero-order valence-electron chi connectivity index (χ0n) is 9.82. The number of ether oxygens (including phenoxy) is 2. The van der Waals surface area contributed by atoms with Crippen LogP contribution >= 0.6 is 12.6 Å². The maximum atomic E-state index is 5.78. The minimum absolute atomic E-state index is 0.610. The molecule has 3 nitrogen and oxygen atoms in total. The molecule has 0 aliphatic rings. The van der Waals surface area contributed by atoms with Gasteiger partial charge >= 0.3 is 0 Å². The highest BCUT2D eigenvalue weighted by molar-refractivity contribution is 7.80. The Morgan fingerprint density at radius 1 is 1.06 bits per heavy atom. The van der Waals surface area contributed by atoms with Crippen LogP contribution in [0.3, 0.4) is 0 Å². The highest BCUT2D eigenvalue weighted by Crippen LogP contribution is 2.34. The van der Waals surface area contributed by atoms with E-state index >= 15 is 0 Å². The van der Waals surface area contributed by atoms with Crippen LogP contribution in [0.5, 0.6) is 11.5 Å². The number of nitrogen functional groups attached to an aromatic ring is 1. The highest BCUT2D eigenvalue weighted by Gasteiger charge is 2.08. The van der Waals surface area contributed by atoms with Crippen LogP contribution in [0.1, 0.15) is 26.7 Å². The first-order chi connectivity index (χ1) is 7.69. The van der Waals surface area contributed by atoms with Crippen molar-refractivity contribution in [3.8, 4) is 11.5 Å². The van der Waals surface area contributed by atoms with Crippen LogP contribution in [0.4, 0.5) is 5.69 Å². The fourth-order valence-electron chi connectivity index (χ4n) is 1.21. The number of nitrogens with two attached hydrogens (primary N) is 1. The number of hydrogen-bond acceptors (Lipinski definition) is 4. The molecule has 4 heteroatoms. The van der Waals surface area contributed by atoms with Gasteiger partial charge in [-0.25, -0.2) is 0 Å². The van der Waals surface area contributed by atoms with Crippen molar-refractivity contribution in [2.75, 3.05) is 18.9 Å². The topological polar surface area (TPSA) is 44.5 Å². The molecule has 0 radical (unpaired) electrons. The lowest BCUT2D eigenvalue weighted by Gasteiger charge is -2.13. The van der Waals surface area contributed by atoms with Crippen molar-refractivity contribution in [2.24, 2.45) is 0 Å². The van der Waals surface area contributed by atoms with Crippen LogP contribution in [0, 0.1) is 0 Å². The normalized spacial score (nSPS) is 10.2. The van der Waals surface area contributed by atoms with Gasteiger partial charge < -0.3 is 15.2 Å². The molecule has 16 heavy (non-hydrogen) atoms. The molecule has 2 N–H and O–H groups in total. The molecule has 0 fully saturated rings. The van der Waals surface area contributed by atoms with E-state index in [1.165, 1.54) is 0 Å². The first kappa shape index (κ1) is 13.0. The molecule has 0 atom stereocenters. The Labute approximate surface area is 102 Å². The number of hydrogen-bond donors (Lipinski definition) is 2. The molecule has 0 aromatic heterocycles. The van der Waals surface area contributed by atoms with Crippen molar-refractivity contribution in [1.29, 1.82) is 0 Å². The van der Waals surface area contributed by atoms with Crippen LogP contribution in [0.2, 0.25) is 0 Å². The van der Waals surface area contributed by atoms with E-state index in [0.717, 1.165) is 23.5 Å². The summed E-state index contributed by atoms with van der Waals surface area (Å²) in [6, 6.07) is 3.57. The second kappa shape index (κ2) is 6.53. The number of benzene rings is 1. The Balaban J connectivity index is 2.87. The first-order valence-corrected chi connectivity index (χ1v) is 6.01. The molecule has 1 aromatic carbocycles. The average Bonchev–Trinajstić information content (AvgIpc) is 2.28. The van der Waals surface area contributed by atoms with Crippen LogP contribution in [0.25, 0.3) is 0 Å². The van der Waals surface area contributed by atoms with Gasteiger partial charge in [0.1, 0.15) is 0 Å². The van der Waals surface area contributed by atoms with Crippen molar-refractivity contribution in [3.63, 3.8) is 0 Å². The molecule has 0 aliphatic carbocycles. The monoisotopic (exact) mass is 241 g/mol. The lowest BCUT2D eigenvalue weighted by Crippen LogP contribution is -2.02. The van der Waals surface area contributed by atoms with Gasteiger partial charge in [0.2, 0.25) is 0 Å². The van der Waals surface area contributed by atoms with Crippen molar-refractivity contribution in [1.82, 2.24) is 0 Å². The quantitative estimate of drug-likeness (QED) is 0.594. The molecule has 0 unspecified atom stereocenters. The summed E-state index contributed by atoms with van der Waals surface area (Å²) in [5.74, 6) is 1.42. The van der Waals surface area contributed by atoms with E-state index in [1.807, 2.05) is 0 Å². The summed E-state index contributed by atoms with van der Waals surface area (Å²) < 4.78 is 11.2. The largest absolute Gasteiger partial charge is 0.490 e. The number of rotatable bonds is 6. The second-order valence-corrected chi connectivity index (χ2v) is 4.04. The van der Waals surface area contributed by atoms with E-state index < -0.39 is 0 Å². The average molecular weight is 241 g/mol. The molecule has 0 bridgehead atoms. The molecule has 1 rings (SSSR count). The molecule has 0 saturated heterocycles. The molecule has 0 amide bonds. The Kier molecular flexibility index (Phi) is 5.32. The summed E-state index contributed by atoms with van der Waals surface area (Å²) in [7, 11) is 0. The van der Waals surface area contributed by atoms with Gasteiger partial charge in [-0.15, -0.1) is 12.6 Å². The lowest BCUT2D eigenvalue weighted by molar-refractivity contribution is 0.268. The van der Waals surface area contributed by atoms with Gasteiger partial charge in [-0.1, -0.05) is 13.8 Å². The molecule has 0 spiro atoms. The minimum Gasteiger partial charge on any atom is -0.490 e.